The van der Waals surface area contributed by atoms with E-state index in [1.807, 2.05) is 0 Å². The summed E-state index contributed by atoms with van der Waals surface area (Å²) in [6.07, 6.45) is 4.10. The van der Waals surface area contributed by atoms with Crippen molar-refractivity contribution in [3.05, 3.63) is 36.3 Å². The van der Waals surface area contributed by atoms with Gasteiger partial charge in [-0.05, 0) is 36.8 Å². The van der Waals surface area contributed by atoms with Gasteiger partial charge in [-0.15, -0.1) is 0 Å². The van der Waals surface area contributed by atoms with Crippen LogP contribution in [0.4, 0.5) is 5.82 Å². The van der Waals surface area contributed by atoms with Crippen LogP contribution in [0.1, 0.15) is 24.5 Å². The highest BCUT2D eigenvalue weighted by molar-refractivity contribution is 7.89. The summed E-state index contributed by atoms with van der Waals surface area (Å²) in [7, 11) is -3.58. The smallest absolute Gasteiger partial charge is 0.245 e. The Labute approximate surface area is 173 Å². The van der Waals surface area contributed by atoms with Crippen LogP contribution >= 0.6 is 11.7 Å². The van der Waals surface area contributed by atoms with Gasteiger partial charge in [0.2, 0.25) is 10.0 Å². The first kappa shape index (κ1) is 17.7. The highest BCUT2D eigenvalue weighted by Gasteiger charge is 2.45. The monoisotopic (exact) mass is 428 g/mol. The second-order valence-corrected chi connectivity index (χ2v) is 10.6. The van der Waals surface area contributed by atoms with Crippen LogP contribution in [0.25, 0.3) is 11.0 Å². The van der Waals surface area contributed by atoms with E-state index in [2.05, 4.69) is 29.7 Å². The average molecular weight is 429 g/mol. The van der Waals surface area contributed by atoms with Crippen molar-refractivity contribution in [1.82, 2.24) is 23.0 Å². The van der Waals surface area contributed by atoms with Gasteiger partial charge in [0, 0.05) is 43.9 Å². The Morgan fingerprint density at radius 1 is 1.00 bits per heavy atom. The lowest BCUT2D eigenvalue weighted by atomic mass is 10.0. The molecule has 8 nitrogen and oxygen atoms in total. The predicted octanol–water partition coefficient (Wildman–Crippen LogP) is 2.12. The van der Waals surface area contributed by atoms with Crippen molar-refractivity contribution < 1.29 is 8.42 Å². The number of benzene rings is 1. The first-order valence-corrected chi connectivity index (χ1v) is 12.0. The standard InChI is InChI=1S/C19H20N6O2S2/c26-29(27,17-3-1-2-15-19(17)23-28-22-15)25-9-13-7-24(8-14(13)10-25)18-6-16(12-4-5-12)20-11-21-18/h1-3,6,11-14H,4-5,7-10H2. The van der Waals surface area contributed by atoms with Crippen molar-refractivity contribution in [2.24, 2.45) is 11.8 Å². The number of hydrogen-bond acceptors (Lipinski definition) is 8. The minimum atomic E-state index is -3.58. The van der Waals surface area contributed by atoms with Gasteiger partial charge in [0.25, 0.3) is 0 Å². The van der Waals surface area contributed by atoms with Crippen LogP contribution < -0.4 is 4.90 Å². The molecule has 6 rings (SSSR count). The van der Waals surface area contributed by atoms with E-state index in [4.69, 9.17) is 0 Å². The molecule has 3 aromatic rings. The van der Waals surface area contributed by atoms with E-state index in [0.717, 1.165) is 36.3 Å². The second-order valence-electron chi connectivity index (χ2n) is 8.21. The Kier molecular flexibility index (Phi) is 3.91. The van der Waals surface area contributed by atoms with Crippen LogP contribution in [-0.2, 0) is 10.0 Å². The number of nitrogens with zero attached hydrogens (tertiary/aromatic N) is 6. The fourth-order valence-corrected chi connectivity index (χ4v) is 6.90. The Balaban J connectivity index is 1.21. The molecule has 2 saturated heterocycles. The third-order valence-corrected chi connectivity index (χ3v) is 8.72. The van der Waals surface area contributed by atoms with E-state index >= 15 is 0 Å². The van der Waals surface area contributed by atoms with Gasteiger partial charge >= 0.3 is 0 Å². The first-order valence-electron chi connectivity index (χ1n) is 9.88. The van der Waals surface area contributed by atoms with Gasteiger partial charge in [0.05, 0.1) is 11.7 Å². The van der Waals surface area contributed by atoms with Crippen molar-refractivity contribution in [2.75, 3.05) is 31.1 Å². The summed E-state index contributed by atoms with van der Waals surface area (Å²) in [6, 6.07) is 7.29. The van der Waals surface area contributed by atoms with Crippen LogP contribution in [0.2, 0.25) is 0 Å². The highest BCUT2D eigenvalue weighted by Crippen LogP contribution is 2.41. The number of sulfonamides is 1. The predicted molar refractivity (Wildman–Crippen MR) is 109 cm³/mol. The summed E-state index contributed by atoms with van der Waals surface area (Å²) in [5, 5.41) is 0. The average Bonchev–Trinajstić information content (AvgIpc) is 3.13. The molecule has 4 heterocycles. The normalized spacial score (nSPS) is 25.0. The Morgan fingerprint density at radius 2 is 1.79 bits per heavy atom. The Hall–Kier alpha value is -2.17. The number of hydrogen-bond donors (Lipinski definition) is 0. The molecular weight excluding hydrogens is 408 g/mol. The van der Waals surface area contributed by atoms with Gasteiger partial charge < -0.3 is 4.90 Å². The summed E-state index contributed by atoms with van der Waals surface area (Å²) < 4.78 is 36.6. The number of fused-ring (bicyclic) bond motifs is 2. The minimum Gasteiger partial charge on any atom is -0.356 e. The van der Waals surface area contributed by atoms with Gasteiger partial charge in [-0.2, -0.15) is 13.1 Å². The molecule has 3 aliphatic rings. The van der Waals surface area contributed by atoms with E-state index in [1.165, 1.54) is 12.8 Å². The Morgan fingerprint density at radius 3 is 2.55 bits per heavy atom. The van der Waals surface area contributed by atoms with Crippen molar-refractivity contribution in [3.8, 4) is 0 Å². The molecular formula is C19H20N6O2S2. The topological polar surface area (TPSA) is 92.2 Å². The molecule has 0 amide bonds. The van der Waals surface area contributed by atoms with Crippen LogP contribution in [-0.4, -0.2) is 57.6 Å². The van der Waals surface area contributed by atoms with Crippen molar-refractivity contribution in [2.45, 2.75) is 23.7 Å². The lowest BCUT2D eigenvalue weighted by Crippen LogP contribution is -2.33. The summed E-state index contributed by atoms with van der Waals surface area (Å²) in [4.78, 5) is 11.4. The first-order chi connectivity index (χ1) is 14.1. The molecule has 29 heavy (non-hydrogen) atoms. The molecule has 0 radical (unpaired) electrons. The van der Waals surface area contributed by atoms with Gasteiger partial charge in [-0.1, -0.05) is 6.07 Å². The molecule has 0 N–H and O–H groups in total. The maximum atomic E-state index is 13.3. The molecule has 1 aromatic carbocycles. The van der Waals surface area contributed by atoms with E-state index < -0.39 is 10.0 Å². The molecule has 2 unspecified atom stereocenters. The molecule has 10 heteroatoms. The maximum Gasteiger partial charge on any atom is 0.245 e. The molecule has 1 aliphatic carbocycles. The quantitative estimate of drug-likeness (QED) is 0.628. The van der Waals surface area contributed by atoms with Gasteiger partial charge in [-0.25, -0.2) is 18.4 Å². The van der Waals surface area contributed by atoms with Crippen LogP contribution in [0.3, 0.4) is 0 Å². The molecule has 2 aromatic heterocycles. The van der Waals surface area contributed by atoms with Crippen LogP contribution in [0, 0.1) is 11.8 Å². The molecule has 150 valence electrons. The summed E-state index contributed by atoms with van der Waals surface area (Å²) in [5.41, 5.74) is 2.25. The van der Waals surface area contributed by atoms with E-state index in [0.29, 0.717) is 41.9 Å². The Bertz CT molecular complexity index is 1180. The fourth-order valence-electron chi connectivity index (χ4n) is 4.60. The lowest BCUT2D eigenvalue weighted by Gasteiger charge is -2.22. The number of rotatable bonds is 4. The number of anilines is 1. The van der Waals surface area contributed by atoms with Gasteiger partial charge in [-0.3, -0.25) is 0 Å². The summed E-state index contributed by atoms with van der Waals surface area (Å²) in [6.45, 7) is 2.75. The second kappa shape index (κ2) is 6.41. The lowest BCUT2D eigenvalue weighted by molar-refractivity contribution is 0.453. The molecule has 3 fully saturated rings. The number of aromatic nitrogens is 4. The zero-order valence-corrected chi connectivity index (χ0v) is 17.3. The highest BCUT2D eigenvalue weighted by atomic mass is 32.2. The SMILES string of the molecule is O=S(=O)(c1cccc2nsnc12)N1CC2CN(c3cc(C4CC4)ncn3)CC2C1. The van der Waals surface area contributed by atoms with Gasteiger partial charge in [0.1, 0.15) is 28.1 Å². The van der Waals surface area contributed by atoms with Gasteiger partial charge in [0.15, 0.2) is 0 Å². The van der Waals surface area contributed by atoms with Crippen molar-refractivity contribution in [1.29, 1.82) is 0 Å². The summed E-state index contributed by atoms with van der Waals surface area (Å²) in [5.74, 6) is 2.21. The summed E-state index contributed by atoms with van der Waals surface area (Å²) >= 11 is 1.05. The van der Waals surface area contributed by atoms with Crippen LogP contribution in [0.15, 0.2) is 35.5 Å². The third kappa shape index (κ3) is 2.92. The minimum absolute atomic E-state index is 0.269. The van der Waals surface area contributed by atoms with Crippen molar-refractivity contribution in [3.63, 3.8) is 0 Å². The molecule has 0 spiro atoms. The zero-order chi connectivity index (χ0) is 19.6. The van der Waals surface area contributed by atoms with E-state index in [9.17, 15) is 8.42 Å². The molecule has 2 aliphatic heterocycles. The molecule has 2 atom stereocenters. The largest absolute Gasteiger partial charge is 0.356 e. The third-order valence-electron chi connectivity index (χ3n) is 6.31. The molecule has 1 saturated carbocycles. The zero-order valence-electron chi connectivity index (χ0n) is 15.7. The van der Waals surface area contributed by atoms with Crippen molar-refractivity contribution >= 4 is 38.6 Å². The van der Waals surface area contributed by atoms with E-state index in [-0.39, 0.29) is 4.90 Å². The fraction of sp³-hybridized carbons (Fsp3) is 0.474. The van der Waals surface area contributed by atoms with E-state index in [1.54, 1.807) is 28.8 Å². The molecule has 0 bridgehead atoms. The maximum absolute atomic E-state index is 13.3. The van der Waals surface area contributed by atoms with Crippen LogP contribution in [0.5, 0.6) is 0 Å².